The summed E-state index contributed by atoms with van der Waals surface area (Å²) >= 11 is 0. The Labute approximate surface area is 96.1 Å². The second-order valence-corrected chi connectivity index (χ2v) is 3.63. The number of hydrogen-bond acceptors (Lipinski definition) is 5. The monoisotopic (exact) mass is 225 g/mol. The number of anilines is 1. The zero-order valence-corrected chi connectivity index (χ0v) is 10.1. The first-order chi connectivity index (χ1) is 7.72. The Kier molecular flexibility index (Phi) is 5.14. The normalized spacial score (nSPS) is 12.5. The van der Waals surface area contributed by atoms with E-state index in [4.69, 9.17) is 9.84 Å². The summed E-state index contributed by atoms with van der Waals surface area (Å²) in [6.45, 7) is 5.56. The zero-order chi connectivity index (χ0) is 12.0. The van der Waals surface area contributed by atoms with Gasteiger partial charge >= 0.3 is 0 Å². The van der Waals surface area contributed by atoms with Crippen molar-refractivity contribution in [1.82, 2.24) is 10.2 Å². The van der Waals surface area contributed by atoms with E-state index in [1.807, 2.05) is 6.07 Å². The molecule has 1 heterocycles. The lowest BCUT2D eigenvalue weighted by Gasteiger charge is -2.28. The van der Waals surface area contributed by atoms with Crippen molar-refractivity contribution in [3.63, 3.8) is 0 Å². The van der Waals surface area contributed by atoms with E-state index >= 15 is 0 Å². The van der Waals surface area contributed by atoms with Gasteiger partial charge in [0.15, 0.2) is 5.82 Å². The Morgan fingerprint density at radius 2 is 2.19 bits per heavy atom. The molecule has 1 atom stereocenters. The van der Waals surface area contributed by atoms with Crippen LogP contribution >= 0.6 is 0 Å². The Morgan fingerprint density at radius 3 is 2.62 bits per heavy atom. The molecule has 0 aliphatic rings. The summed E-state index contributed by atoms with van der Waals surface area (Å²) in [6, 6.07) is 3.91. The van der Waals surface area contributed by atoms with Crippen LogP contribution in [0.25, 0.3) is 0 Å². The van der Waals surface area contributed by atoms with Gasteiger partial charge in [-0.1, -0.05) is 0 Å². The van der Waals surface area contributed by atoms with E-state index in [9.17, 15) is 0 Å². The van der Waals surface area contributed by atoms with Crippen molar-refractivity contribution in [2.45, 2.75) is 26.5 Å². The fourth-order valence-electron chi connectivity index (χ4n) is 1.62. The summed E-state index contributed by atoms with van der Waals surface area (Å²) in [5, 5.41) is 16.9. The predicted molar refractivity (Wildman–Crippen MR) is 62.3 cm³/mol. The van der Waals surface area contributed by atoms with Gasteiger partial charge in [0.25, 0.3) is 0 Å². The number of hydrogen-bond donors (Lipinski definition) is 1. The third-order valence-electron chi connectivity index (χ3n) is 2.44. The van der Waals surface area contributed by atoms with Crippen molar-refractivity contribution in [3.8, 4) is 0 Å². The minimum Gasteiger partial charge on any atom is -0.390 e. The molecule has 1 aromatic heterocycles. The van der Waals surface area contributed by atoms with Crippen molar-refractivity contribution in [1.29, 1.82) is 0 Å². The van der Waals surface area contributed by atoms with E-state index in [0.717, 1.165) is 12.4 Å². The highest BCUT2D eigenvalue weighted by molar-refractivity contribution is 5.38. The largest absolute Gasteiger partial charge is 0.390 e. The molecule has 0 spiro atoms. The van der Waals surface area contributed by atoms with E-state index in [2.05, 4.69) is 28.9 Å². The second-order valence-electron chi connectivity index (χ2n) is 3.63. The first-order valence-corrected chi connectivity index (χ1v) is 5.42. The summed E-state index contributed by atoms with van der Waals surface area (Å²) < 4.78 is 5.12. The van der Waals surface area contributed by atoms with Gasteiger partial charge < -0.3 is 14.7 Å². The van der Waals surface area contributed by atoms with Gasteiger partial charge in [0, 0.05) is 13.7 Å². The van der Waals surface area contributed by atoms with Gasteiger partial charge in [-0.3, -0.25) is 0 Å². The summed E-state index contributed by atoms with van der Waals surface area (Å²) in [4.78, 5) is 2.11. The highest BCUT2D eigenvalue weighted by Crippen LogP contribution is 2.13. The van der Waals surface area contributed by atoms with Gasteiger partial charge in [-0.15, -0.1) is 5.10 Å². The van der Waals surface area contributed by atoms with Crippen LogP contribution < -0.4 is 4.90 Å². The quantitative estimate of drug-likeness (QED) is 0.777. The second kappa shape index (κ2) is 6.40. The minimum absolute atomic E-state index is 0.0764. The fourth-order valence-corrected chi connectivity index (χ4v) is 1.62. The first kappa shape index (κ1) is 12.9. The minimum atomic E-state index is -0.0764. The molecule has 5 heteroatoms. The number of methoxy groups -OCH3 is 1. The predicted octanol–water partition coefficient (Wildman–Crippen LogP) is 0.830. The number of likely N-dealkylation sites (N-methyl/N-ethyl adjacent to an activating group) is 1. The van der Waals surface area contributed by atoms with Crippen molar-refractivity contribution in [3.05, 3.63) is 17.8 Å². The number of nitrogens with zero attached hydrogens (tertiary/aromatic N) is 3. The summed E-state index contributed by atoms with van der Waals surface area (Å²) in [5.74, 6) is 0.809. The molecule has 1 N–H and O–H groups in total. The zero-order valence-electron chi connectivity index (χ0n) is 10.1. The van der Waals surface area contributed by atoms with Crippen molar-refractivity contribution >= 4 is 5.82 Å². The molecule has 5 nitrogen and oxygen atoms in total. The van der Waals surface area contributed by atoms with Crippen LogP contribution in [0.1, 0.15) is 19.5 Å². The molecule has 1 unspecified atom stereocenters. The van der Waals surface area contributed by atoms with Gasteiger partial charge in [-0.2, -0.15) is 5.10 Å². The van der Waals surface area contributed by atoms with E-state index < -0.39 is 0 Å². The molecule has 0 saturated heterocycles. The highest BCUT2D eigenvalue weighted by atomic mass is 16.5. The van der Waals surface area contributed by atoms with Crippen LogP contribution in [-0.2, 0) is 11.3 Å². The molecule has 0 amide bonds. The van der Waals surface area contributed by atoms with Crippen molar-refractivity contribution in [2.75, 3.05) is 25.2 Å². The van der Waals surface area contributed by atoms with Crippen LogP contribution in [0.15, 0.2) is 12.1 Å². The SMILES string of the molecule is CCN(c1ccc(CO)nn1)C(C)COC. The molecule has 0 bridgehead atoms. The Balaban J connectivity index is 2.78. The summed E-state index contributed by atoms with van der Waals surface area (Å²) in [5.41, 5.74) is 0.583. The smallest absolute Gasteiger partial charge is 0.151 e. The number of aromatic nitrogens is 2. The van der Waals surface area contributed by atoms with Crippen LogP contribution in [0.3, 0.4) is 0 Å². The number of ether oxygens (including phenoxy) is 1. The van der Waals surface area contributed by atoms with E-state index in [-0.39, 0.29) is 12.6 Å². The first-order valence-electron chi connectivity index (χ1n) is 5.42. The van der Waals surface area contributed by atoms with Crippen LogP contribution in [0.4, 0.5) is 5.82 Å². The number of aliphatic hydroxyl groups is 1. The van der Waals surface area contributed by atoms with Gasteiger partial charge in [-0.05, 0) is 26.0 Å². The molecular weight excluding hydrogens is 206 g/mol. The lowest BCUT2D eigenvalue weighted by molar-refractivity contribution is 0.181. The van der Waals surface area contributed by atoms with Crippen LogP contribution in [0, 0.1) is 0 Å². The Bertz CT molecular complexity index is 303. The third kappa shape index (κ3) is 3.15. The highest BCUT2D eigenvalue weighted by Gasteiger charge is 2.13. The van der Waals surface area contributed by atoms with Gasteiger partial charge in [-0.25, -0.2) is 0 Å². The molecule has 0 saturated carbocycles. The number of rotatable bonds is 6. The van der Waals surface area contributed by atoms with E-state index in [0.29, 0.717) is 12.3 Å². The van der Waals surface area contributed by atoms with Crippen molar-refractivity contribution < 1.29 is 9.84 Å². The lowest BCUT2D eigenvalue weighted by Crippen LogP contribution is -2.36. The molecule has 0 radical (unpaired) electrons. The maximum atomic E-state index is 8.88. The van der Waals surface area contributed by atoms with Gasteiger partial charge in [0.1, 0.15) is 0 Å². The topological polar surface area (TPSA) is 58.5 Å². The molecule has 0 aromatic carbocycles. The van der Waals surface area contributed by atoms with Crippen molar-refractivity contribution in [2.24, 2.45) is 0 Å². The average Bonchev–Trinajstić information content (AvgIpc) is 2.31. The van der Waals surface area contributed by atoms with Crippen LogP contribution in [-0.4, -0.2) is 41.6 Å². The third-order valence-corrected chi connectivity index (χ3v) is 2.44. The average molecular weight is 225 g/mol. The maximum Gasteiger partial charge on any atom is 0.151 e. The molecule has 90 valence electrons. The summed E-state index contributed by atoms with van der Waals surface area (Å²) in [6.07, 6.45) is 0. The fraction of sp³-hybridized carbons (Fsp3) is 0.636. The molecule has 0 aliphatic heterocycles. The Morgan fingerprint density at radius 1 is 1.44 bits per heavy atom. The maximum absolute atomic E-state index is 8.88. The van der Waals surface area contributed by atoms with Crippen LogP contribution in [0.2, 0.25) is 0 Å². The van der Waals surface area contributed by atoms with Gasteiger partial charge in [0.2, 0.25) is 0 Å². The van der Waals surface area contributed by atoms with E-state index in [1.54, 1.807) is 13.2 Å². The standard InChI is InChI=1S/C11H19N3O2/c1-4-14(9(2)8-16-3)11-6-5-10(7-15)12-13-11/h5-6,9,15H,4,7-8H2,1-3H3. The molecule has 1 rings (SSSR count). The van der Waals surface area contributed by atoms with Gasteiger partial charge in [0.05, 0.1) is 24.9 Å². The van der Waals surface area contributed by atoms with Crippen LogP contribution in [0.5, 0.6) is 0 Å². The molecule has 0 aliphatic carbocycles. The summed E-state index contributed by atoms with van der Waals surface area (Å²) in [7, 11) is 1.69. The molecule has 16 heavy (non-hydrogen) atoms. The number of aliphatic hydroxyl groups excluding tert-OH is 1. The molecule has 0 fully saturated rings. The lowest BCUT2D eigenvalue weighted by atomic mass is 10.3. The molecular formula is C11H19N3O2. The molecule has 1 aromatic rings. The van der Waals surface area contributed by atoms with E-state index in [1.165, 1.54) is 0 Å². The Hall–Kier alpha value is -1.20.